The van der Waals surface area contributed by atoms with Gasteiger partial charge < -0.3 is 19.5 Å². The van der Waals surface area contributed by atoms with Gasteiger partial charge in [-0.2, -0.15) is 0 Å². The van der Waals surface area contributed by atoms with Crippen molar-refractivity contribution in [2.45, 2.75) is 12.8 Å². The van der Waals surface area contributed by atoms with Crippen LogP contribution < -0.4 is 14.8 Å². The molecule has 186 valence electrons. The third kappa shape index (κ3) is 7.08. The highest BCUT2D eigenvalue weighted by molar-refractivity contribution is 6.08. The Balaban J connectivity index is 2.14. The molecule has 0 spiro atoms. The number of imide groups is 1. The van der Waals surface area contributed by atoms with Crippen LogP contribution in [0, 0.1) is 30.5 Å². The van der Waals surface area contributed by atoms with E-state index in [1.165, 1.54) is 37.4 Å². The number of ether oxygens (including phenoxy) is 3. The molecular formula is C26H23FN2O7. The number of benzene rings is 2. The number of terminal acetylenes is 2. The van der Waals surface area contributed by atoms with Crippen molar-refractivity contribution < 1.29 is 37.8 Å². The molecule has 0 fully saturated rings. The van der Waals surface area contributed by atoms with Gasteiger partial charge in [-0.05, 0) is 29.9 Å². The number of hydrogen-bond acceptors (Lipinski definition) is 7. The Bertz CT molecular complexity index is 1240. The first kappa shape index (κ1) is 27.4. The first-order valence-corrected chi connectivity index (χ1v) is 10.5. The van der Waals surface area contributed by atoms with Gasteiger partial charge in [-0.3, -0.25) is 19.3 Å². The average Bonchev–Trinajstić information content (AvgIpc) is 2.89. The number of nitrogens with zero attached hydrogens (tertiary/aromatic N) is 1. The molecular weight excluding hydrogens is 471 g/mol. The Morgan fingerprint density at radius 1 is 1.06 bits per heavy atom. The fourth-order valence-electron chi connectivity index (χ4n) is 3.10. The lowest BCUT2D eigenvalue weighted by atomic mass is 10.1. The van der Waals surface area contributed by atoms with Crippen LogP contribution in [0.2, 0.25) is 0 Å². The van der Waals surface area contributed by atoms with Crippen molar-refractivity contribution in [1.82, 2.24) is 4.90 Å². The summed E-state index contributed by atoms with van der Waals surface area (Å²) in [6, 6.07) is 8.35. The molecule has 0 saturated carbocycles. The molecule has 0 atom stereocenters. The summed E-state index contributed by atoms with van der Waals surface area (Å²) in [5, 5.41) is 2.38. The number of methoxy groups -OCH3 is 2. The number of halogens is 1. The number of amides is 3. The van der Waals surface area contributed by atoms with E-state index in [1.807, 2.05) is 11.8 Å². The van der Waals surface area contributed by atoms with E-state index < -0.39 is 29.5 Å². The minimum Gasteiger partial charge on any atom is -0.493 e. The summed E-state index contributed by atoms with van der Waals surface area (Å²) in [4.78, 5) is 49.4. The average molecular weight is 494 g/mol. The summed E-state index contributed by atoms with van der Waals surface area (Å²) in [6.45, 7) is -0.118. The van der Waals surface area contributed by atoms with Gasteiger partial charge in [0.2, 0.25) is 5.91 Å². The fourth-order valence-corrected chi connectivity index (χ4v) is 3.10. The smallest absolute Gasteiger partial charge is 0.340 e. The molecule has 0 bridgehead atoms. The van der Waals surface area contributed by atoms with Crippen LogP contribution in [0.25, 0.3) is 0 Å². The molecule has 2 aromatic carbocycles. The van der Waals surface area contributed by atoms with Crippen molar-refractivity contribution in [3.8, 4) is 36.2 Å². The molecule has 0 aliphatic heterocycles. The first-order valence-electron chi connectivity index (χ1n) is 10.5. The molecule has 3 amide bonds. The maximum atomic E-state index is 13.9. The van der Waals surface area contributed by atoms with Crippen molar-refractivity contribution in [1.29, 1.82) is 0 Å². The summed E-state index contributed by atoms with van der Waals surface area (Å²) in [7, 11) is 2.51. The Kier molecular flexibility index (Phi) is 10.0. The van der Waals surface area contributed by atoms with Crippen LogP contribution >= 0.6 is 0 Å². The minimum absolute atomic E-state index is 0.0195. The lowest BCUT2D eigenvalue weighted by Gasteiger charge is -2.19. The van der Waals surface area contributed by atoms with Gasteiger partial charge >= 0.3 is 11.9 Å². The number of hydrogen-bond donors (Lipinski definition) is 1. The summed E-state index contributed by atoms with van der Waals surface area (Å²) in [5.41, 5.74) is 0.144. The maximum Gasteiger partial charge on any atom is 0.340 e. The van der Waals surface area contributed by atoms with Gasteiger partial charge in [-0.1, -0.05) is 18.2 Å². The monoisotopic (exact) mass is 494 g/mol. The summed E-state index contributed by atoms with van der Waals surface area (Å²) in [5.74, 6) is 0.411. The first-order chi connectivity index (χ1) is 17.2. The van der Waals surface area contributed by atoms with Crippen LogP contribution in [0.3, 0.4) is 0 Å². The van der Waals surface area contributed by atoms with E-state index in [1.54, 1.807) is 6.07 Å². The molecule has 0 aromatic heterocycles. The third-order valence-electron chi connectivity index (χ3n) is 4.84. The number of esters is 1. The molecule has 0 aliphatic rings. The lowest BCUT2D eigenvalue weighted by Crippen LogP contribution is -2.38. The zero-order chi connectivity index (χ0) is 26.7. The van der Waals surface area contributed by atoms with Gasteiger partial charge in [0, 0.05) is 18.7 Å². The number of anilines is 1. The molecule has 2 rings (SSSR count). The van der Waals surface area contributed by atoms with Gasteiger partial charge in [0.05, 0.1) is 38.5 Å². The SMILES string of the molecule is C#CC(=O)Nc1cc(OC)c(OCCCN(C(=O)C#C)C(=O)Cc2ccccc2F)cc1C(=O)OC. The molecule has 0 aliphatic carbocycles. The fraction of sp³-hybridized carbons (Fsp3) is 0.231. The molecule has 0 saturated heterocycles. The topological polar surface area (TPSA) is 111 Å². The molecule has 10 heteroatoms. The Hall–Kier alpha value is -4.83. The summed E-state index contributed by atoms with van der Waals surface area (Å²) >= 11 is 0. The van der Waals surface area contributed by atoms with Crippen LogP contribution in [0.1, 0.15) is 22.3 Å². The van der Waals surface area contributed by atoms with Gasteiger partial charge in [0.1, 0.15) is 5.82 Å². The van der Waals surface area contributed by atoms with E-state index >= 15 is 0 Å². The summed E-state index contributed by atoms with van der Waals surface area (Å²) < 4.78 is 29.6. The Morgan fingerprint density at radius 2 is 1.78 bits per heavy atom. The number of carbonyl (C=O) groups excluding carboxylic acids is 4. The number of rotatable bonds is 10. The second-order valence-corrected chi connectivity index (χ2v) is 7.10. The van der Waals surface area contributed by atoms with Crippen molar-refractivity contribution >= 4 is 29.4 Å². The minimum atomic E-state index is -0.865. The van der Waals surface area contributed by atoms with Crippen LogP contribution in [-0.4, -0.2) is 56.0 Å². The number of carbonyl (C=O) groups is 4. The van der Waals surface area contributed by atoms with Crippen molar-refractivity contribution in [3.63, 3.8) is 0 Å². The van der Waals surface area contributed by atoms with E-state index in [0.717, 1.165) is 12.0 Å². The molecule has 2 aromatic rings. The Morgan fingerprint density at radius 3 is 2.39 bits per heavy atom. The van der Waals surface area contributed by atoms with E-state index in [4.69, 9.17) is 27.1 Å². The van der Waals surface area contributed by atoms with Gasteiger partial charge in [-0.15, -0.1) is 12.8 Å². The molecule has 1 N–H and O–H groups in total. The van der Waals surface area contributed by atoms with Crippen LogP contribution in [0.5, 0.6) is 11.5 Å². The van der Waals surface area contributed by atoms with E-state index in [0.29, 0.717) is 0 Å². The van der Waals surface area contributed by atoms with E-state index in [2.05, 4.69) is 5.32 Å². The predicted octanol–water partition coefficient (Wildman–Crippen LogP) is 2.19. The zero-order valence-electron chi connectivity index (χ0n) is 19.6. The standard InChI is InChI=1S/C26H23FN2O7/c1-5-23(30)28-20-16-21(34-3)22(15-18(20)26(33)35-4)36-13-9-12-29(24(31)6-2)25(32)14-17-10-7-8-11-19(17)27/h1-2,7-8,10-11,15-16H,9,12-14H2,3-4H3,(H,28,30). The highest BCUT2D eigenvalue weighted by Gasteiger charge is 2.22. The zero-order valence-corrected chi connectivity index (χ0v) is 19.6. The lowest BCUT2D eigenvalue weighted by molar-refractivity contribution is -0.141. The summed E-state index contributed by atoms with van der Waals surface area (Å²) in [6.07, 6.45) is 10.1. The van der Waals surface area contributed by atoms with Crippen molar-refractivity contribution in [2.75, 3.05) is 32.7 Å². The Labute approximate surface area is 207 Å². The van der Waals surface area contributed by atoms with E-state index in [9.17, 15) is 23.6 Å². The predicted molar refractivity (Wildman–Crippen MR) is 128 cm³/mol. The van der Waals surface area contributed by atoms with Crippen molar-refractivity contribution in [3.05, 3.63) is 53.3 Å². The molecule has 0 unspecified atom stereocenters. The molecule has 36 heavy (non-hydrogen) atoms. The second-order valence-electron chi connectivity index (χ2n) is 7.10. The largest absolute Gasteiger partial charge is 0.493 e. The van der Waals surface area contributed by atoms with Crippen LogP contribution in [0.4, 0.5) is 10.1 Å². The molecule has 9 nitrogen and oxygen atoms in total. The van der Waals surface area contributed by atoms with Crippen LogP contribution in [-0.2, 0) is 25.5 Å². The van der Waals surface area contributed by atoms with Gasteiger partial charge in [0.25, 0.3) is 5.91 Å². The molecule has 0 radical (unpaired) electrons. The second kappa shape index (κ2) is 13.2. The van der Waals surface area contributed by atoms with E-state index in [-0.39, 0.29) is 54.3 Å². The normalized spacial score (nSPS) is 9.81. The highest BCUT2D eigenvalue weighted by Crippen LogP contribution is 2.34. The van der Waals surface area contributed by atoms with Crippen LogP contribution in [0.15, 0.2) is 36.4 Å². The highest BCUT2D eigenvalue weighted by atomic mass is 19.1. The van der Waals surface area contributed by atoms with Gasteiger partial charge in [0.15, 0.2) is 11.5 Å². The quantitative estimate of drug-likeness (QED) is 0.306. The number of nitrogens with one attached hydrogen (secondary N) is 1. The molecule has 0 heterocycles. The van der Waals surface area contributed by atoms with Crippen molar-refractivity contribution in [2.24, 2.45) is 0 Å². The van der Waals surface area contributed by atoms with Gasteiger partial charge in [-0.25, -0.2) is 9.18 Å². The third-order valence-corrected chi connectivity index (χ3v) is 4.84. The maximum absolute atomic E-state index is 13.9.